The van der Waals surface area contributed by atoms with Crippen LogP contribution >= 0.6 is 11.6 Å². The van der Waals surface area contributed by atoms with Crippen LogP contribution in [0.2, 0.25) is 5.15 Å². The lowest BCUT2D eigenvalue weighted by Crippen LogP contribution is -2.39. The van der Waals surface area contributed by atoms with Crippen molar-refractivity contribution >= 4 is 17.3 Å². The van der Waals surface area contributed by atoms with Crippen molar-refractivity contribution in [3.05, 3.63) is 34.6 Å². The summed E-state index contributed by atoms with van der Waals surface area (Å²) in [5, 5.41) is 4.15. The largest absolute Gasteiger partial charge is 0.380 e. The predicted molar refractivity (Wildman–Crippen MR) is 86.5 cm³/mol. The zero-order valence-corrected chi connectivity index (χ0v) is 13.4. The van der Waals surface area contributed by atoms with E-state index in [4.69, 9.17) is 11.6 Å². The Kier molecular flexibility index (Phi) is 5.44. The molecule has 1 N–H and O–H groups in total. The second-order valence-electron chi connectivity index (χ2n) is 5.79. The van der Waals surface area contributed by atoms with Crippen molar-refractivity contribution in [1.29, 1.82) is 0 Å². The number of halogens is 1. The highest BCUT2D eigenvalue weighted by molar-refractivity contribution is 6.32. The third-order valence-electron chi connectivity index (χ3n) is 3.81. The summed E-state index contributed by atoms with van der Waals surface area (Å²) in [7, 11) is 0. The molecule has 0 bridgehead atoms. The second kappa shape index (κ2) is 7.09. The number of piperidine rings is 1. The first-order chi connectivity index (χ1) is 9.56. The van der Waals surface area contributed by atoms with Crippen LogP contribution in [-0.4, -0.2) is 35.6 Å². The van der Waals surface area contributed by atoms with Crippen LogP contribution in [0, 0.1) is 6.92 Å². The van der Waals surface area contributed by atoms with Gasteiger partial charge in [-0.1, -0.05) is 23.3 Å². The number of allylic oxidation sites excluding steroid dienone is 1. The Bertz CT molecular complexity index is 452. The molecule has 2 rings (SSSR count). The van der Waals surface area contributed by atoms with E-state index in [1.165, 1.54) is 5.57 Å². The summed E-state index contributed by atoms with van der Waals surface area (Å²) in [4.78, 5) is 6.66. The molecule has 0 amide bonds. The summed E-state index contributed by atoms with van der Waals surface area (Å²) >= 11 is 6.17. The molecule has 0 aliphatic carbocycles. The van der Waals surface area contributed by atoms with E-state index in [0.717, 1.165) is 43.7 Å². The van der Waals surface area contributed by atoms with Gasteiger partial charge in [-0.3, -0.25) is 4.90 Å². The fourth-order valence-electron chi connectivity index (χ4n) is 2.47. The molecule has 0 atom stereocenters. The van der Waals surface area contributed by atoms with Crippen molar-refractivity contribution in [1.82, 2.24) is 9.88 Å². The molecule has 4 heteroatoms. The van der Waals surface area contributed by atoms with E-state index >= 15 is 0 Å². The molecule has 1 saturated heterocycles. The molecule has 0 unspecified atom stereocenters. The average Bonchev–Trinajstić information content (AvgIpc) is 2.42. The van der Waals surface area contributed by atoms with Crippen LogP contribution in [0.3, 0.4) is 0 Å². The minimum absolute atomic E-state index is 0.498. The Balaban J connectivity index is 1.87. The molecular weight excluding hydrogens is 270 g/mol. The average molecular weight is 294 g/mol. The Morgan fingerprint density at radius 2 is 2.15 bits per heavy atom. The van der Waals surface area contributed by atoms with Crippen LogP contribution in [0.4, 0.5) is 5.69 Å². The van der Waals surface area contributed by atoms with Crippen LogP contribution in [0.15, 0.2) is 23.9 Å². The monoisotopic (exact) mass is 293 g/mol. The van der Waals surface area contributed by atoms with Gasteiger partial charge >= 0.3 is 0 Å². The lowest BCUT2D eigenvalue weighted by molar-refractivity contribution is 0.240. The number of anilines is 1. The standard InChI is InChI=1S/C16H24ClN3/c1-12(2)5-9-20-10-6-14(7-11-20)19-15-13(3)4-8-18-16(15)17/h4-5,8,14,19H,6-7,9-11H2,1-3H3. The van der Waals surface area contributed by atoms with Gasteiger partial charge in [0.05, 0.1) is 5.69 Å². The number of nitrogens with one attached hydrogen (secondary N) is 1. The number of hydrogen-bond donors (Lipinski definition) is 1. The van der Waals surface area contributed by atoms with Crippen LogP contribution in [0.25, 0.3) is 0 Å². The van der Waals surface area contributed by atoms with Crippen LogP contribution < -0.4 is 5.32 Å². The van der Waals surface area contributed by atoms with Crippen LogP contribution in [0.1, 0.15) is 32.3 Å². The maximum atomic E-state index is 6.17. The van der Waals surface area contributed by atoms with E-state index in [1.807, 2.05) is 6.07 Å². The number of aryl methyl sites for hydroxylation is 1. The normalized spacial score (nSPS) is 17.0. The molecule has 1 aliphatic rings. The quantitative estimate of drug-likeness (QED) is 0.674. The Labute approximate surface area is 127 Å². The maximum Gasteiger partial charge on any atom is 0.152 e. The fraction of sp³-hybridized carbons (Fsp3) is 0.562. The lowest BCUT2D eigenvalue weighted by atomic mass is 10.0. The van der Waals surface area contributed by atoms with E-state index in [-0.39, 0.29) is 0 Å². The van der Waals surface area contributed by atoms with E-state index in [0.29, 0.717) is 11.2 Å². The summed E-state index contributed by atoms with van der Waals surface area (Å²) in [6, 6.07) is 2.50. The molecule has 20 heavy (non-hydrogen) atoms. The summed E-state index contributed by atoms with van der Waals surface area (Å²) in [5.74, 6) is 0. The molecule has 1 aromatic rings. The van der Waals surface area contributed by atoms with Crippen LogP contribution in [0.5, 0.6) is 0 Å². The summed E-state index contributed by atoms with van der Waals surface area (Å²) < 4.78 is 0. The SMILES string of the molecule is CC(C)=CCN1CCC(Nc2c(C)ccnc2Cl)CC1. The molecule has 1 fully saturated rings. The van der Waals surface area contributed by atoms with Gasteiger partial charge in [-0.2, -0.15) is 0 Å². The number of nitrogens with zero attached hydrogens (tertiary/aromatic N) is 2. The maximum absolute atomic E-state index is 6.17. The number of pyridine rings is 1. The summed E-state index contributed by atoms with van der Waals surface area (Å²) in [5.41, 5.74) is 3.55. The molecule has 0 spiro atoms. The van der Waals surface area contributed by atoms with Gasteiger partial charge in [-0.15, -0.1) is 0 Å². The zero-order valence-electron chi connectivity index (χ0n) is 12.6. The van der Waals surface area contributed by atoms with E-state index < -0.39 is 0 Å². The minimum Gasteiger partial charge on any atom is -0.380 e. The number of rotatable bonds is 4. The van der Waals surface area contributed by atoms with E-state index in [1.54, 1.807) is 6.20 Å². The third kappa shape index (κ3) is 4.22. The third-order valence-corrected chi connectivity index (χ3v) is 4.09. The molecular formula is C16H24ClN3. The molecule has 0 aromatic carbocycles. The Morgan fingerprint density at radius 1 is 1.45 bits per heavy atom. The molecule has 1 aliphatic heterocycles. The van der Waals surface area contributed by atoms with E-state index in [2.05, 4.69) is 42.0 Å². The summed E-state index contributed by atoms with van der Waals surface area (Å²) in [6.45, 7) is 9.72. The smallest absolute Gasteiger partial charge is 0.152 e. The number of likely N-dealkylation sites (tertiary alicyclic amines) is 1. The Hall–Kier alpha value is -1.06. The minimum atomic E-state index is 0.498. The van der Waals surface area contributed by atoms with Gasteiger partial charge < -0.3 is 5.32 Å². The topological polar surface area (TPSA) is 28.2 Å². The summed E-state index contributed by atoms with van der Waals surface area (Å²) in [6.07, 6.45) is 6.36. The number of aromatic nitrogens is 1. The van der Waals surface area contributed by atoms with Gasteiger partial charge in [-0.05, 0) is 45.2 Å². The first-order valence-electron chi connectivity index (χ1n) is 7.29. The van der Waals surface area contributed by atoms with Crippen molar-refractivity contribution in [2.24, 2.45) is 0 Å². The van der Waals surface area contributed by atoms with Crippen molar-refractivity contribution < 1.29 is 0 Å². The number of hydrogen-bond acceptors (Lipinski definition) is 3. The molecule has 2 heterocycles. The van der Waals surface area contributed by atoms with Crippen LogP contribution in [-0.2, 0) is 0 Å². The molecule has 0 saturated carbocycles. The first-order valence-corrected chi connectivity index (χ1v) is 7.67. The van der Waals surface area contributed by atoms with E-state index in [9.17, 15) is 0 Å². The highest BCUT2D eigenvalue weighted by Gasteiger charge is 2.19. The molecule has 110 valence electrons. The molecule has 3 nitrogen and oxygen atoms in total. The first kappa shape index (κ1) is 15.3. The van der Waals surface area contributed by atoms with Gasteiger partial charge in [0.25, 0.3) is 0 Å². The Morgan fingerprint density at radius 3 is 2.75 bits per heavy atom. The van der Waals surface area contributed by atoms with Crippen molar-refractivity contribution in [2.45, 2.75) is 39.7 Å². The highest BCUT2D eigenvalue weighted by Crippen LogP contribution is 2.25. The predicted octanol–water partition coefficient (Wildman–Crippen LogP) is 3.89. The van der Waals surface area contributed by atoms with Gasteiger partial charge in [-0.25, -0.2) is 4.98 Å². The van der Waals surface area contributed by atoms with Gasteiger partial charge in [0.15, 0.2) is 5.15 Å². The molecule has 1 aromatic heterocycles. The lowest BCUT2D eigenvalue weighted by Gasteiger charge is -2.32. The van der Waals surface area contributed by atoms with Gasteiger partial charge in [0.2, 0.25) is 0 Å². The zero-order chi connectivity index (χ0) is 14.5. The second-order valence-corrected chi connectivity index (χ2v) is 6.15. The van der Waals surface area contributed by atoms with Gasteiger partial charge in [0, 0.05) is 31.9 Å². The van der Waals surface area contributed by atoms with Crippen molar-refractivity contribution in [3.8, 4) is 0 Å². The fourth-order valence-corrected chi connectivity index (χ4v) is 2.73. The molecule has 0 radical (unpaired) electrons. The van der Waals surface area contributed by atoms with Crippen molar-refractivity contribution in [3.63, 3.8) is 0 Å². The van der Waals surface area contributed by atoms with Crippen molar-refractivity contribution in [2.75, 3.05) is 25.0 Å². The highest BCUT2D eigenvalue weighted by atomic mass is 35.5. The van der Waals surface area contributed by atoms with Gasteiger partial charge in [0.1, 0.15) is 0 Å².